The lowest BCUT2D eigenvalue weighted by Crippen LogP contribution is -2.30. The highest BCUT2D eigenvalue weighted by Gasteiger charge is 2.11. The zero-order chi connectivity index (χ0) is 18.1. The minimum Gasteiger partial charge on any atom is -0.360 e. The Morgan fingerprint density at radius 3 is 2.85 bits per heavy atom. The molecule has 0 fully saturated rings. The van der Waals surface area contributed by atoms with Gasteiger partial charge in [-0.3, -0.25) is 14.2 Å². The summed E-state index contributed by atoms with van der Waals surface area (Å²) < 4.78 is 7.88. The van der Waals surface area contributed by atoms with Gasteiger partial charge in [-0.1, -0.05) is 23.4 Å². The number of rotatable bonds is 4. The summed E-state index contributed by atoms with van der Waals surface area (Å²) in [5, 5.41) is 11.6. The normalized spacial score (nSPS) is 11.0. The van der Waals surface area contributed by atoms with Crippen molar-refractivity contribution in [2.24, 2.45) is 0 Å². The fourth-order valence-corrected chi connectivity index (χ4v) is 2.71. The van der Waals surface area contributed by atoms with E-state index in [0.717, 1.165) is 15.6 Å². The molecular weight excluding hydrogens is 334 g/mol. The van der Waals surface area contributed by atoms with Crippen molar-refractivity contribution in [1.82, 2.24) is 19.5 Å². The standard InChI is InChI=1S/C18H15N5O3/c1-12-10-15(21-26-12)19-17(24)11-23-18(25)7-6-16(20-23)22-9-8-13-4-2-3-5-14(13)22/h2-10H,11H2,1H3,(H,19,21,24). The summed E-state index contributed by atoms with van der Waals surface area (Å²) >= 11 is 0. The van der Waals surface area contributed by atoms with Crippen LogP contribution in [0, 0.1) is 6.92 Å². The monoisotopic (exact) mass is 349 g/mol. The molecule has 0 unspecified atom stereocenters. The van der Waals surface area contributed by atoms with Crippen LogP contribution in [0.15, 0.2) is 64.0 Å². The maximum Gasteiger partial charge on any atom is 0.267 e. The number of amides is 1. The van der Waals surface area contributed by atoms with Crippen LogP contribution >= 0.6 is 0 Å². The molecule has 130 valence electrons. The van der Waals surface area contributed by atoms with E-state index in [-0.39, 0.29) is 12.1 Å². The molecule has 3 heterocycles. The molecular formula is C18H15N5O3. The molecule has 8 nitrogen and oxygen atoms in total. The first-order valence-electron chi connectivity index (χ1n) is 7.98. The van der Waals surface area contributed by atoms with Crippen molar-refractivity contribution in [2.75, 3.05) is 5.32 Å². The second-order valence-corrected chi connectivity index (χ2v) is 5.80. The van der Waals surface area contributed by atoms with Crippen molar-refractivity contribution in [3.05, 3.63) is 70.8 Å². The van der Waals surface area contributed by atoms with Gasteiger partial charge in [0.05, 0.1) is 5.52 Å². The van der Waals surface area contributed by atoms with Crippen molar-refractivity contribution < 1.29 is 9.32 Å². The van der Waals surface area contributed by atoms with Crippen LogP contribution in [-0.4, -0.2) is 25.4 Å². The number of hydrogen-bond acceptors (Lipinski definition) is 5. The van der Waals surface area contributed by atoms with Crippen molar-refractivity contribution in [3.8, 4) is 5.82 Å². The number of fused-ring (bicyclic) bond motifs is 1. The highest BCUT2D eigenvalue weighted by atomic mass is 16.5. The second kappa shape index (κ2) is 6.32. The first-order valence-corrected chi connectivity index (χ1v) is 7.98. The quantitative estimate of drug-likeness (QED) is 0.609. The first kappa shape index (κ1) is 15.8. The van der Waals surface area contributed by atoms with Gasteiger partial charge in [0, 0.05) is 18.3 Å². The van der Waals surface area contributed by atoms with Gasteiger partial charge in [0.1, 0.15) is 12.3 Å². The van der Waals surface area contributed by atoms with Crippen molar-refractivity contribution in [1.29, 1.82) is 0 Å². The van der Waals surface area contributed by atoms with Gasteiger partial charge < -0.3 is 9.84 Å². The van der Waals surface area contributed by atoms with Gasteiger partial charge in [0.2, 0.25) is 5.91 Å². The Bertz CT molecular complexity index is 1150. The number of nitrogens with one attached hydrogen (secondary N) is 1. The highest BCUT2D eigenvalue weighted by Crippen LogP contribution is 2.18. The molecule has 0 atom stereocenters. The number of aromatic nitrogens is 4. The van der Waals surface area contributed by atoms with Gasteiger partial charge >= 0.3 is 0 Å². The lowest BCUT2D eigenvalue weighted by atomic mass is 10.2. The Balaban J connectivity index is 1.62. The molecule has 0 saturated carbocycles. The zero-order valence-electron chi connectivity index (χ0n) is 13.9. The summed E-state index contributed by atoms with van der Waals surface area (Å²) in [4.78, 5) is 24.2. The van der Waals surface area contributed by atoms with Crippen LogP contribution < -0.4 is 10.9 Å². The lowest BCUT2D eigenvalue weighted by Gasteiger charge is -2.08. The summed E-state index contributed by atoms with van der Waals surface area (Å²) in [6.07, 6.45) is 1.88. The molecule has 4 rings (SSSR count). The molecule has 26 heavy (non-hydrogen) atoms. The molecule has 0 radical (unpaired) electrons. The van der Waals surface area contributed by atoms with Crippen LogP contribution in [0.4, 0.5) is 5.82 Å². The van der Waals surface area contributed by atoms with E-state index in [1.54, 1.807) is 19.1 Å². The fourth-order valence-electron chi connectivity index (χ4n) is 2.71. The molecule has 0 aliphatic rings. The predicted molar refractivity (Wildman–Crippen MR) is 95.2 cm³/mol. The van der Waals surface area contributed by atoms with Crippen LogP contribution in [0.5, 0.6) is 0 Å². The number of nitrogens with zero attached hydrogens (tertiary/aromatic N) is 4. The molecule has 0 bridgehead atoms. The van der Waals surface area contributed by atoms with Crippen molar-refractivity contribution in [2.45, 2.75) is 13.5 Å². The largest absolute Gasteiger partial charge is 0.360 e. The number of carbonyl (C=O) groups excluding carboxylic acids is 1. The van der Waals surface area contributed by atoms with E-state index in [9.17, 15) is 9.59 Å². The molecule has 3 aromatic heterocycles. The summed E-state index contributed by atoms with van der Waals surface area (Å²) in [5.74, 6) is 1.02. The smallest absolute Gasteiger partial charge is 0.267 e. The molecule has 4 aromatic rings. The van der Waals surface area contributed by atoms with E-state index in [1.165, 1.54) is 6.07 Å². The lowest BCUT2D eigenvalue weighted by molar-refractivity contribution is -0.117. The summed E-state index contributed by atoms with van der Waals surface area (Å²) in [6.45, 7) is 1.50. The van der Waals surface area contributed by atoms with E-state index in [1.807, 2.05) is 41.1 Å². The summed E-state index contributed by atoms with van der Waals surface area (Å²) in [5.41, 5.74) is 0.601. The Kier molecular flexibility index (Phi) is 3.85. The van der Waals surface area contributed by atoms with E-state index >= 15 is 0 Å². The molecule has 1 aromatic carbocycles. The Morgan fingerprint density at radius 1 is 1.19 bits per heavy atom. The van der Waals surface area contributed by atoms with Gasteiger partial charge in [-0.2, -0.15) is 5.10 Å². The number of hydrogen-bond donors (Lipinski definition) is 1. The molecule has 0 aliphatic heterocycles. The summed E-state index contributed by atoms with van der Waals surface area (Å²) in [7, 11) is 0. The summed E-state index contributed by atoms with van der Waals surface area (Å²) in [6, 6.07) is 14.4. The fraction of sp³-hybridized carbons (Fsp3) is 0.111. The first-order chi connectivity index (χ1) is 12.6. The number of benzene rings is 1. The third-order valence-electron chi connectivity index (χ3n) is 3.89. The average molecular weight is 349 g/mol. The molecule has 0 spiro atoms. The van der Waals surface area contributed by atoms with Gasteiger partial charge in [0.25, 0.3) is 5.56 Å². The Morgan fingerprint density at radius 2 is 2.04 bits per heavy atom. The molecule has 1 N–H and O–H groups in total. The van der Waals surface area contributed by atoms with Gasteiger partial charge in [-0.15, -0.1) is 0 Å². The second-order valence-electron chi connectivity index (χ2n) is 5.80. The van der Waals surface area contributed by atoms with E-state index in [4.69, 9.17) is 4.52 Å². The SMILES string of the molecule is Cc1cc(NC(=O)Cn2nc(-n3ccc4ccccc43)ccc2=O)no1. The topological polar surface area (TPSA) is 95.0 Å². The number of carbonyl (C=O) groups is 1. The zero-order valence-corrected chi connectivity index (χ0v) is 13.9. The van der Waals surface area contributed by atoms with Crippen LogP contribution in [-0.2, 0) is 11.3 Å². The van der Waals surface area contributed by atoms with Gasteiger partial charge in [-0.05, 0) is 30.5 Å². The van der Waals surface area contributed by atoms with Crippen molar-refractivity contribution in [3.63, 3.8) is 0 Å². The molecule has 1 amide bonds. The minimum atomic E-state index is -0.414. The van der Waals surface area contributed by atoms with Gasteiger partial charge in [0.15, 0.2) is 11.6 Å². The van der Waals surface area contributed by atoms with E-state index in [2.05, 4.69) is 15.6 Å². The predicted octanol–water partition coefficient (Wildman–Crippen LogP) is 2.12. The van der Waals surface area contributed by atoms with Crippen LogP contribution in [0.3, 0.4) is 0 Å². The average Bonchev–Trinajstić information content (AvgIpc) is 3.23. The van der Waals surface area contributed by atoms with Gasteiger partial charge in [-0.25, -0.2) is 4.68 Å². The van der Waals surface area contributed by atoms with E-state index in [0.29, 0.717) is 17.4 Å². The Hall–Kier alpha value is -3.68. The Labute approximate surface area is 147 Å². The van der Waals surface area contributed by atoms with Crippen LogP contribution in [0.2, 0.25) is 0 Å². The number of anilines is 1. The maximum absolute atomic E-state index is 12.2. The maximum atomic E-state index is 12.2. The molecule has 0 saturated heterocycles. The number of aryl methyl sites for hydroxylation is 1. The van der Waals surface area contributed by atoms with Crippen molar-refractivity contribution >= 4 is 22.6 Å². The third kappa shape index (κ3) is 3.00. The minimum absolute atomic E-state index is 0.224. The van der Waals surface area contributed by atoms with Crippen LogP contribution in [0.1, 0.15) is 5.76 Å². The number of para-hydroxylation sites is 1. The molecule has 8 heteroatoms. The van der Waals surface area contributed by atoms with Crippen LogP contribution in [0.25, 0.3) is 16.7 Å². The highest BCUT2D eigenvalue weighted by molar-refractivity contribution is 5.89. The molecule has 0 aliphatic carbocycles. The van der Waals surface area contributed by atoms with E-state index < -0.39 is 5.91 Å². The third-order valence-corrected chi connectivity index (χ3v) is 3.89.